The second-order valence-electron chi connectivity index (χ2n) is 7.57. The molecule has 5 heteroatoms. The molecule has 1 aromatic carbocycles. The predicted octanol–water partition coefficient (Wildman–Crippen LogP) is 4.32. The summed E-state index contributed by atoms with van der Waals surface area (Å²) in [6, 6.07) is 5.09. The summed E-state index contributed by atoms with van der Waals surface area (Å²) in [5, 5.41) is 0. The minimum absolute atomic E-state index is 0.194. The number of aliphatic imine (C=N–C) groups is 1. The van der Waals surface area contributed by atoms with E-state index >= 15 is 0 Å². The highest BCUT2D eigenvalue weighted by Crippen LogP contribution is 2.16. The summed E-state index contributed by atoms with van der Waals surface area (Å²) in [7, 11) is 0. The molecule has 0 bridgehead atoms. The van der Waals surface area contributed by atoms with Gasteiger partial charge in [0.15, 0.2) is 0 Å². The van der Waals surface area contributed by atoms with Crippen LogP contribution in [0.2, 0.25) is 0 Å². The Bertz CT molecular complexity index is 718. The van der Waals surface area contributed by atoms with Crippen LogP contribution in [-0.4, -0.2) is 72.8 Å². The zero-order valence-electron chi connectivity index (χ0n) is 18.6. The highest BCUT2D eigenvalue weighted by atomic mass is 19.1. The molecule has 0 saturated carbocycles. The summed E-state index contributed by atoms with van der Waals surface area (Å²) in [6.07, 6.45) is 5.01. The van der Waals surface area contributed by atoms with E-state index in [9.17, 15) is 4.39 Å². The van der Waals surface area contributed by atoms with Gasteiger partial charge in [0.05, 0.1) is 5.71 Å². The molecule has 0 aromatic heterocycles. The predicted molar refractivity (Wildman–Crippen MR) is 122 cm³/mol. The normalized spacial score (nSPS) is 16.6. The van der Waals surface area contributed by atoms with Crippen molar-refractivity contribution in [2.45, 2.75) is 34.1 Å². The fraction of sp³-hybridized carbons (Fsp3) is 0.542. The molecule has 1 heterocycles. The van der Waals surface area contributed by atoms with E-state index in [0.29, 0.717) is 5.56 Å². The van der Waals surface area contributed by atoms with E-state index in [1.807, 2.05) is 13.0 Å². The molecular formula is C24H37FN4. The molecule has 0 aliphatic carbocycles. The highest BCUT2D eigenvalue weighted by molar-refractivity contribution is 6.08. The fourth-order valence-corrected chi connectivity index (χ4v) is 3.70. The Hall–Kier alpha value is -1.98. The van der Waals surface area contributed by atoms with Crippen molar-refractivity contribution in [3.05, 3.63) is 59.7 Å². The molecule has 0 spiro atoms. The van der Waals surface area contributed by atoms with Crippen LogP contribution in [0, 0.1) is 12.7 Å². The molecule has 160 valence electrons. The van der Waals surface area contributed by atoms with E-state index in [0.717, 1.165) is 62.9 Å². The van der Waals surface area contributed by atoms with E-state index < -0.39 is 0 Å². The van der Waals surface area contributed by atoms with Gasteiger partial charge < -0.3 is 9.80 Å². The lowest BCUT2D eigenvalue weighted by Gasteiger charge is -2.37. The number of halogens is 1. The van der Waals surface area contributed by atoms with Crippen LogP contribution in [-0.2, 0) is 0 Å². The first-order chi connectivity index (χ1) is 14.0. The van der Waals surface area contributed by atoms with Gasteiger partial charge >= 0.3 is 0 Å². The Labute approximate surface area is 176 Å². The van der Waals surface area contributed by atoms with Crippen molar-refractivity contribution in [1.82, 2.24) is 14.7 Å². The fourth-order valence-electron chi connectivity index (χ4n) is 3.70. The molecule has 0 unspecified atom stereocenters. The average molecular weight is 401 g/mol. The molecule has 0 atom stereocenters. The molecule has 29 heavy (non-hydrogen) atoms. The van der Waals surface area contributed by atoms with Crippen molar-refractivity contribution < 1.29 is 4.39 Å². The van der Waals surface area contributed by atoms with Crippen LogP contribution in [0.15, 0.2) is 47.7 Å². The van der Waals surface area contributed by atoms with Crippen molar-refractivity contribution in [2.75, 3.05) is 52.4 Å². The van der Waals surface area contributed by atoms with Crippen LogP contribution in [0.1, 0.15) is 38.3 Å². The third-order valence-electron chi connectivity index (χ3n) is 5.56. The molecule has 2 rings (SSSR count). The summed E-state index contributed by atoms with van der Waals surface area (Å²) < 4.78 is 13.6. The van der Waals surface area contributed by atoms with Gasteiger partial charge in [-0.25, -0.2) is 9.38 Å². The summed E-state index contributed by atoms with van der Waals surface area (Å²) >= 11 is 0. The third-order valence-corrected chi connectivity index (χ3v) is 5.56. The maximum atomic E-state index is 13.6. The molecular weight excluding hydrogens is 363 g/mol. The SMILES string of the molecule is C=C/C(=N\C(=C/C)N1CCN(CCN(CC)CCC)CC1)c1ccc(F)c(C)c1. The quantitative estimate of drug-likeness (QED) is 0.546. The van der Waals surface area contributed by atoms with Crippen molar-refractivity contribution in [3.8, 4) is 0 Å². The maximum Gasteiger partial charge on any atom is 0.126 e. The lowest BCUT2D eigenvalue weighted by atomic mass is 10.1. The van der Waals surface area contributed by atoms with Gasteiger partial charge in [-0.1, -0.05) is 20.4 Å². The van der Waals surface area contributed by atoms with E-state index in [1.165, 1.54) is 19.0 Å². The molecule has 0 N–H and O–H groups in total. The zero-order chi connectivity index (χ0) is 21.2. The second kappa shape index (κ2) is 11.9. The van der Waals surface area contributed by atoms with Crippen LogP contribution in [0.3, 0.4) is 0 Å². The monoisotopic (exact) mass is 400 g/mol. The first-order valence-electron chi connectivity index (χ1n) is 10.9. The molecule has 0 amide bonds. The molecule has 1 aliphatic heterocycles. The summed E-state index contributed by atoms with van der Waals surface area (Å²) in [4.78, 5) is 12.3. The van der Waals surface area contributed by atoms with Crippen LogP contribution in [0.25, 0.3) is 0 Å². The van der Waals surface area contributed by atoms with Crippen LogP contribution >= 0.6 is 0 Å². The number of hydrogen-bond donors (Lipinski definition) is 0. The van der Waals surface area contributed by atoms with Crippen LogP contribution in [0.4, 0.5) is 4.39 Å². The van der Waals surface area contributed by atoms with Gasteiger partial charge in [-0.2, -0.15) is 0 Å². The van der Waals surface area contributed by atoms with E-state index in [4.69, 9.17) is 4.99 Å². The number of likely N-dealkylation sites (N-methyl/N-ethyl adjacent to an activating group) is 1. The molecule has 0 radical (unpaired) electrons. The van der Waals surface area contributed by atoms with E-state index in [-0.39, 0.29) is 5.82 Å². The number of rotatable bonds is 10. The Kier molecular flexibility index (Phi) is 9.55. The van der Waals surface area contributed by atoms with Gasteiger partial charge in [0.25, 0.3) is 0 Å². The number of nitrogens with zero attached hydrogens (tertiary/aromatic N) is 4. The van der Waals surface area contributed by atoms with Crippen molar-refractivity contribution in [1.29, 1.82) is 0 Å². The van der Waals surface area contributed by atoms with Crippen molar-refractivity contribution in [3.63, 3.8) is 0 Å². The lowest BCUT2D eigenvalue weighted by molar-refractivity contribution is 0.139. The number of piperazine rings is 1. The molecule has 4 nitrogen and oxygen atoms in total. The van der Waals surface area contributed by atoms with Gasteiger partial charge in [-0.05, 0) is 69.3 Å². The largest absolute Gasteiger partial charge is 0.354 e. The van der Waals surface area contributed by atoms with Crippen LogP contribution in [0.5, 0.6) is 0 Å². The Morgan fingerprint density at radius 3 is 2.48 bits per heavy atom. The molecule has 1 aromatic rings. The number of hydrogen-bond acceptors (Lipinski definition) is 4. The first kappa shape index (κ1) is 23.3. The molecule has 1 fully saturated rings. The van der Waals surface area contributed by atoms with E-state index in [2.05, 4.69) is 41.2 Å². The average Bonchev–Trinajstić information content (AvgIpc) is 2.74. The number of benzene rings is 1. The Morgan fingerprint density at radius 1 is 1.21 bits per heavy atom. The first-order valence-corrected chi connectivity index (χ1v) is 10.9. The summed E-state index contributed by atoms with van der Waals surface area (Å²) in [5.74, 6) is 0.766. The molecule has 1 saturated heterocycles. The smallest absolute Gasteiger partial charge is 0.126 e. The molecule has 1 aliphatic rings. The van der Waals surface area contributed by atoms with E-state index in [1.54, 1.807) is 19.1 Å². The summed E-state index contributed by atoms with van der Waals surface area (Å²) in [6.45, 7) is 20.8. The van der Waals surface area contributed by atoms with Gasteiger partial charge in [-0.3, -0.25) is 4.90 Å². The van der Waals surface area contributed by atoms with Crippen molar-refractivity contribution >= 4 is 5.71 Å². The lowest BCUT2D eigenvalue weighted by Crippen LogP contribution is -2.47. The van der Waals surface area contributed by atoms with Gasteiger partial charge in [0, 0.05) is 44.8 Å². The highest BCUT2D eigenvalue weighted by Gasteiger charge is 2.19. The number of aryl methyl sites for hydroxylation is 1. The van der Waals surface area contributed by atoms with Gasteiger partial charge in [0.1, 0.15) is 11.6 Å². The number of allylic oxidation sites excluding steroid dienone is 2. The second-order valence-corrected chi connectivity index (χ2v) is 7.57. The standard InChI is InChI=1S/C24H37FN4/c1-6-12-27(9-4)13-14-28-15-17-29(18-16-28)24(8-3)26-23(7-2)21-10-11-22(25)20(5)19-21/h7-8,10-11,19H,2,6,9,12-18H2,1,3-5H3/b24-8+,26-23+. The zero-order valence-corrected chi connectivity index (χ0v) is 18.6. The summed E-state index contributed by atoms with van der Waals surface area (Å²) in [5.41, 5.74) is 2.30. The van der Waals surface area contributed by atoms with Gasteiger partial charge in [0.2, 0.25) is 0 Å². The Balaban J connectivity index is 1.98. The van der Waals surface area contributed by atoms with Crippen LogP contribution < -0.4 is 0 Å². The van der Waals surface area contributed by atoms with Gasteiger partial charge in [-0.15, -0.1) is 0 Å². The minimum Gasteiger partial charge on any atom is -0.354 e. The minimum atomic E-state index is -0.194. The topological polar surface area (TPSA) is 22.1 Å². The maximum absolute atomic E-state index is 13.6. The Morgan fingerprint density at radius 2 is 1.93 bits per heavy atom. The third kappa shape index (κ3) is 6.79. The van der Waals surface area contributed by atoms with Crippen molar-refractivity contribution in [2.24, 2.45) is 4.99 Å².